The van der Waals surface area contributed by atoms with Crippen molar-refractivity contribution in [2.24, 2.45) is 0 Å². The van der Waals surface area contributed by atoms with Gasteiger partial charge in [-0.3, -0.25) is 0 Å². The van der Waals surface area contributed by atoms with Gasteiger partial charge in [-0.15, -0.1) is 0 Å². The predicted octanol–water partition coefficient (Wildman–Crippen LogP) is 2.88. The molecule has 0 spiro atoms. The second kappa shape index (κ2) is 5.13. The van der Waals surface area contributed by atoms with E-state index in [2.05, 4.69) is 9.97 Å². The second-order valence-electron chi connectivity index (χ2n) is 4.28. The van der Waals surface area contributed by atoms with Crippen LogP contribution >= 0.6 is 0 Å². The Labute approximate surface area is 108 Å². The minimum absolute atomic E-state index is 0.0352. The number of aryl methyl sites for hydroxylation is 2. The first-order valence-corrected chi connectivity index (χ1v) is 5.87. The first-order valence-electron chi connectivity index (χ1n) is 5.87. The molecule has 0 unspecified atom stereocenters. The largest absolute Gasteiger partial charge is 0.416 e. The summed E-state index contributed by atoms with van der Waals surface area (Å²) in [6, 6.07) is 3.44. The zero-order valence-electron chi connectivity index (χ0n) is 10.3. The van der Waals surface area contributed by atoms with E-state index >= 15 is 0 Å². The molecule has 1 aromatic heterocycles. The lowest BCUT2D eigenvalue weighted by Crippen LogP contribution is -2.06. The maximum Gasteiger partial charge on any atom is 0.416 e. The molecule has 0 atom stereocenters. The highest BCUT2D eigenvalue weighted by atomic mass is 19.4. The lowest BCUT2D eigenvalue weighted by atomic mass is 10.1. The van der Waals surface area contributed by atoms with Crippen LogP contribution in [-0.2, 0) is 12.6 Å². The van der Waals surface area contributed by atoms with Gasteiger partial charge in [0.25, 0.3) is 0 Å². The lowest BCUT2D eigenvalue weighted by molar-refractivity contribution is -0.137. The molecule has 1 aromatic carbocycles. The van der Waals surface area contributed by atoms with Gasteiger partial charge < -0.3 is 5.11 Å². The fourth-order valence-corrected chi connectivity index (χ4v) is 1.87. The van der Waals surface area contributed by atoms with Crippen LogP contribution in [0.2, 0.25) is 0 Å². The molecule has 0 saturated heterocycles. The highest BCUT2D eigenvalue weighted by Gasteiger charge is 2.30. The zero-order chi connectivity index (χ0) is 14.0. The van der Waals surface area contributed by atoms with E-state index in [1.807, 2.05) is 0 Å². The van der Waals surface area contributed by atoms with Gasteiger partial charge >= 0.3 is 6.18 Å². The fourth-order valence-electron chi connectivity index (χ4n) is 1.87. The number of fused-ring (bicyclic) bond motifs is 1. The third-order valence-electron chi connectivity index (χ3n) is 2.82. The Morgan fingerprint density at radius 2 is 1.95 bits per heavy atom. The average Bonchev–Trinajstić information content (AvgIpc) is 2.35. The van der Waals surface area contributed by atoms with Crippen molar-refractivity contribution in [1.82, 2.24) is 9.97 Å². The number of hydrogen-bond donors (Lipinski definition) is 1. The molecule has 3 nitrogen and oxygen atoms in total. The number of benzene rings is 1. The molecule has 6 heteroatoms. The summed E-state index contributed by atoms with van der Waals surface area (Å²) in [6.45, 7) is 1.69. The van der Waals surface area contributed by atoms with E-state index in [4.69, 9.17) is 5.11 Å². The van der Waals surface area contributed by atoms with E-state index in [0.717, 1.165) is 12.1 Å². The van der Waals surface area contributed by atoms with Crippen molar-refractivity contribution in [2.45, 2.75) is 25.9 Å². The van der Waals surface area contributed by atoms with Gasteiger partial charge in [0.15, 0.2) is 0 Å². The van der Waals surface area contributed by atoms with Crippen LogP contribution in [0.3, 0.4) is 0 Å². The molecule has 0 saturated carbocycles. The van der Waals surface area contributed by atoms with Gasteiger partial charge in [0.05, 0.1) is 11.1 Å². The standard InChI is InChI=1S/C13H13F3N2O/c1-8-10-7-9(13(14,15)16)4-5-11(10)18-12(17-8)3-2-6-19/h4-5,7,19H,2-3,6H2,1H3. The molecule has 0 radical (unpaired) electrons. The van der Waals surface area contributed by atoms with E-state index in [-0.39, 0.29) is 6.61 Å². The van der Waals surface area contributed by atoms with Crippen molar-refractivity contribution in [3.05, 3.63) is 35.3 Å². The van der Waals surface area contributed by atoms with Crippen molar-refractivity contribution in [1.29, 1.82) is 0 Å². The topological polar surface area (TPSA) is 46.0 Å². The van der Waals surface area contributed by atoms with Crippen LogP contribution in [0.15, 0.2) is 18.2 Å². The normalized spacial score (nSPS) is 12.1. The van der Waals surface area contributed by atoms with E-state index in [9.17, 15) is 13.2 Å². The van der Waals surface area contributed by atoms with Crippen LogP contribution in [-0.4, -0.2) is 21.7 Å². The molecule has 1 N–H and O–H groups in total. The summed E-state index contributed by atoms with van der Waals surface area (Å²) in [5, 5.41) is 9.16. The van der Waals surface area contributed by atoms with Gasteiger partial charge in [-0.2, -0.15) is 13.2 Å². The van der Waals surface area contributed by atoms with Gasteiger partial charge in [-0.05, 0) is 31.5 Å². The molecular formula is C13H13F3N2O. The van der Waals surface area contributed by atoms with E-state index < -0.39 is 11.7 Å². The molecule has 2 aromatic rings. The number of alkyl halides is 3. The molecule has 0 aliphatic heterocycles. The number of aromatic nitrogens is 2. The first kappa shape index (κ1) is 13.7. The minimum Gasteiger partial charge on any atom is -0.396 e. The molecule has 0 fully saturated rings. The molecule has 102 valence electrons. The number of aliphatic hydroxyl groups is 1. The average molecular weight is 270 g/mol. The number of nitrogens with zero attached hydrogens (tertiary/aromatic N) is 2. The van der Waals surface area contributed by atoms with Gasteiger partial charge in [0.2, 0.25) is 0 Å². The Kier molecular flexibility index (Phi) is 3.71. The van der Waals surface area contributed by atoms with Crippen LogP contribution in [0.1, 0.15) is 23.5 Å². The number of hydrogen-bond acceptors (Lipinski definition) is 3. The van der Waals surface area contributed by atoms with Crippen LogP contribution in [0.25, 0.3) is 10.9 Å². The summed E-state index contributed by atoms with van der Waals surface area (Å²) in [4.78, 5) is 8.38. The lowest BCUT2D eigenvalue weighted by Gasteiger charge is -2.09. The molecule has 0 bridgehead atoms. The first-order chi connectivity index (χ1) is 8.91. The monoisotopic (exact) mass is 270 g/mol. The third-order valence-corrected chi connectivity index (χ3v) is 2.82. The van der Waals surface area contributed by atoms with Crippen LogP contribution in [0.5, 0.6) is 0 Å². The zero-order valence-corrected chi connectivity index (χ0v) is 10.3. The van der Waals surface area contributed by atoms with Crippen LogP contribution in [0, 0.1) is 6.92 Å². The fraction of sp³-hybridized carbons (Fsp3) is 0.385. The SMILES string of the molecule is Cc1nc(CCCO)nc2ccc(C(F)(F)F)cc12. The molecule has 0 aliphatic rings. The van der Waals surface area contributed by atoms with Crippen molar-refractivity contribution in [3.8, 4) is 0 Å². The van der Waals surface area contributed by atoms with E-state index in [1.54, 1.807) is 6.92 Å². The van der Waals surface area contributed by atoms with Gasteiger partial charge in [-0.25, -0.2) is 9.97 Å². The number of aliphatic hydroxyl groups excluding tert-OH is 1. The summed E-state index contributed by atoms with van der Waals surface area (Å²) < 4.78 is 37.9. The predicted molar refractivity (Wildman–Crippen MR) is 64.7 cm³/mol. The molecule has 1 heterocycles. The highest BCUT2D eigenvalue weighted by Crippen LogP contribution is 2.31. The summed E-state index contributed by atoms with van der Waals surface area (Å²) >= 11 is 0. The minimum atomic E-state index is -4.36. The summed E-state index contributed by atoms with van der Waals surface area (Å²) in [7, 11) is 0. The van der Waals surface area contributed by atoms with Crippen LogP contribution in [0.4, 0.5) is 13.2 Å². The van der Waals surface area contributed by atoms with Gasteiger partial charge in [0.1, 0.15) is 5.82 Å². The Balaban J connectivity index is 2.48. The van der Waals surface area contributed by atoms with E-state index in [0.29, 0.717) is 35.3 Å². The summed E-state index contributed by atoms with van der Waals surface area (Å²) in [6.07, 6.45) is -3.32. The Bertz CT molecular complexity index is 596. The smallest absolute Gasteiger partial charge is 0.396 e. The maximum absolute atomic E-state index is 12.6. The Hall–Kier alpha value is -1.69. The highest BCUT2D eigenvalue weighted by molar-refractivity contribution is 5.81. The van der Waals surface area contributed by atoms with Gasteiger partial charge in [-0.1, -0.05) is 0 Å². The molecule has 2 rings (SSSR count). The molecule has 19 heavy (non-hydrogen) atoms. The van der Waals surface area contributed by atoms with Crippen molar-refractivity contribution in [2.75, 3.05) is 6.61 Å². The Morgan fingerprint density at radius 3 is 2.58 bits per heavy atom. The molecule has 0 aliphatic carbocycles. The molecular weight excluding hydrogens is 257 g/mol. The van der Waals surface area contributed by atoms with Crippen molar-refractivity contribution >= 4 is 10.9 Å². The van der Waals surface area contributed by atoms with Crippen LogP contribution < -0.4 is 0 Å². The number of rotatable bonds is 3. The van der Waals surface area contributed by atoms with Gasteiger partial charge in [0, 0.05) is 24.1 Å². The maximum atomic E-state index is 12.6. The summed E-state index contributed by atoms with van der Waals surface area (Å²) in [5.41, 5.74) is 0.312. The van der Waals surface area contributed by atoms with Crippen molar-refractivity contribution in [3.63, 3.8) is 0 Å². The Morgan fingerprint density at radius 1 is 1.21 bits per heavy atom. The second-order valence-corrected chi connectivity index (χ2v) is 4.28. The van der Waals surface area contributed by atoms with Crippen molar-refractivity contribution < 1.29 is 18.3 Å². The quantitative estimate of drug-likeness (QED) is 0.932. The summed E-state index contributed by atoms with van der Waals surface area (Å²) in [5.74, 6) is 0.541. The number of halogens is 3. The molecule has 0 amide bonds. The van der Waals surface area contributed by atoms with E-state index in [1.165, 1.54) is 6.07 Å². The third kappa shape index (κ3) is 3.01.